The first-order chi connectivity index (χ1) is 11.9. The number of nitrogens with one attached hydrogen (secondary N) is 2. The number of aromatic nitrogens is 2. The Bertz CT molecular complexity index is 1000. The van der Waals surface area contributed by atoms with E-state index in [0.717, 1.165) is 23.3 Å². The van der Waals surface area contributed by atoms with E-state index in [9.17, 15) is 14.7 Å². The Balaban J connectivity index is 2.05. The molecule has 0 saturated heterocycles. The van der Waals surface area contributed by atoms with E-state index in [2.05, 4.69) is 9.97 Å². The maximum atomic E-state index is 15.6. The second-order valence-electron chi connectivity index (χ2n) is 6.73. The molecule has 2 aromatic rings. The largest absolute Gasteiger partial charge is 0.504 e. The molecule has 2 heterocycles. The van der Waals surface area contributed by atoms with Crippen molar-refractivity contribution in [1.29, 1.82) is 0 Å². The summed E-state index contributed by atoms with van der Waals surface area (Å²) in [6.45, 7) is 2.14. The molecule has 2 aliphatic rings. The molecule has 2 unspecified atom stereocenters. The zero-order chi connectivity index (χ0) is 17.9. The molecule has 0 radical (unpaired) electrons. The number of aromatic amines is 2. The fourth-order valence-corrected chi connectivity index (χ4v) is 5.01. The van der Waals surface area contributed by atoms with E-state index in [1.165, 1.54) is 11.3 Å². The smallest absolute Gasteiger partial charge is 0.325 e. The van der Waals surface area contributed by atoms with Gasteiger partial charge in [0.2, 0.25) is 0 Å². The molecule has 132 valence electrons. The van der Waals surface area contributed by atoms with Crippen LogP contribution in [0.1, 0.15) is 47.4 Å². The molecule has 2 aromatic heterocycles. The highest BCUT2D eigenvalue weighted by Gasteiger charge is 2.58. The van der Waals surface area contributed by atoms with Crippen molar-refractivity contribution in [2.45, 2.75) is 37.6 Å². The number of fused-ring (bicyclic) bond motifs is 1. The number of nitrogens with two attached hydrogens (primary N) is 1. The number of allylic oxidation sites excluding steroid dienone is 1. The average Bonchev–Trinajstić information content (AvgIpc) is 3.30. The summed E-state index contributed by atoms with van der Waals surface area (Å²) in [7, 11) is 0. The summed E-state index contributed by atoms with van der Waals surface area (Å²) in [5, 5.41) is 12.4. The second-order valence-corrected chi connectivity index (χ2v) is 7.73. The Kier molecular flexibility index (Phi) is 3.52. The van der Waals surface area contributed by atoms with E-state index in [-0.39, 0.29) is 17.2 Å². The van der Waals surface area contributed by atoms with Gasteiger partial charge in [-0.15, -0.1) is 11.3 Å². The van der Waals surface area contributed by atoms with Crippen molar-refractivity contribution >= 4 is 17.1 Å². The highest BCUT2D eigenvalue weighted by atomic mass is 32.1. The molecular formula is C17H18FN3O3S. The minimum atomic E-state index is -1.09. The van der Waals surface area contributed by atoms with Crippen molar-refractivity contribution in [3.05, 3.63) is 59.8 Å². The van der Waals surface area contributed by atoms with Crippen LogP contribution in [0, 0.1) is 5.92 Å². The van der Waals surface area contributed by atoms with Crippen molar-refractivity contribution in [2.75, 3.05) is 0 Å². The van der Waals surface area contributed by atoms with Crippen LogP contribution in [0.4, 0.5) is 4.39 Å². The fourth-order valence-electron chi connectivity index (χ4n) is 4.18. The lowest BCUT2D eigenvalue weighted by molar-refractivity contribution is 0.279. The lowest BCUT2D eigenvalue weighted by Crippen LogP contribution is -2.43. The molecule has 0 bridgehead atoms. The second kappa shape index (κ2) is 5.40. The summed E-state index contributed by atoms with van der Waals surface area (Å²) < 4.78 is 15.6. The Labute approximate surface area is 146 Å². The lowest BCUT2D eigenvalue weighted by Gasteiger charge is -2.41. The number of aliphatic hydroxyl groups excluding tert-OH is 1. The van der Waals surface area contributed by atoms with Gasteiger partial charge in [0, 0.05) is 23.0 Å². The topological polar surface area (TPSA) is 112 Å². The van der Waals surface area contributed by atoms with Crippen molar-refractivity contribution in [2.24, 2.45) is 11.7 Å². The Morgan fingerprint density at radius 3 is 2.72 bits per heavy atom. The summed E-state index contributed by atoms with van der Waals surface area (Å²) in [6.07, 6.45) is 1.64. The van der Waals surface area contributed by atoms with Crippen molar-refractivity contribution < 1.29 is 9.50 Å². The van der Waals surface area contributed by atoms with Crippen LogP contribution in [0.15, 0.2) is 26.9 Å². The molecule has 2 aliphatic carbocycles. The van der Waals surface area contributed by atoms with Gasteiger partial charge in [-0.05, 0) is 35.8 Å². The van der Waals surface area contributed by atoms with Crippen LogP contribution in [0.3, 0.4) is 0 Å². The average molecular weight is 363 g/mol. The first-order valence-electron chi connectivity index (χ1n) is 8.15. The van der Waals surface area contributed by atoms with Crippen LogP contribution < -0.4 is 17.0 Å². The Hall–Kier alpha value is -2.19. The van der Waals surface area contributed by atoms with E-state index in [4.69, 9.17) is 5.73 Å². The fraction of sp³-hybridized carbons (Fsp3) is 0.412. The predicted molar refractivity (Wildman–Crippen MR) is 93.4 cm³/mol. The summed E-state index contributed by atoms with van der Waals surface area (Å²) >= 11 is 1.44. The van der Waals surface area contributed by atoms with Crippen LogP contribution in [0.2, 0.25) is 0 Å². The minimum absolute atomic E-state index is 0.000754. The number of aliphatic hydroxyl groups is 1. The van der Waals surface area contributed by atoms with Gasteiger partial charge in [-0.2, -0.15) is 0 Å². The summed E-state index contributed by atoms with van der Waals surface area (Å²) in [5.74, 6) is -1.88. The molecule has 25 heavy (non-hydrogen) atoms. The molecule has 0 spiro atoms. The van der Waals surface area contributed by atoms with Crippen LogP contribution in [-0.4, -0.2) is 15.1 Å². The third kappa shape index (κ3) is 2.10. The predicted octanol–water partition coefficient (Wildman–Crippen LogP) is 2.24. The molecule has 2 atom stereocenters. The van der Waals surface area contributed by atoms with Crippen LogP contribution in [0.5, 0.6) is 0 Å². The number of hydrogen-bond acceptors (Lipinski definition) is 5. The summed E-state index contributed by atoms with van der Waals surface area (Å²) in [5.41, 5.74) is 4.00. The molecule has 4 rings (SSSR count). The van der Waals surface area contributed by atoms with Gasteiger partial charge >= 0.3 is 5.69 Å². The van der Waals surface area contributed by atoms with Gasteiger partial charge in [0.1, 0.15) is 5.56 Å². The van der Waals surface area contributed by atoms with E-state index < -0.39 is 34.2 Å². The molecule has 1 fully saturated rings. The normalized spacial score (nSPS) is 26.0. The molecule has 0 amide bonds. The highest BCUT2D eigenvalue weighted by molar-refractivity contribution is 7.10. The molecule has 1 saturated carbocycles. The molecular weight excluding hydrogens is 345 g/mol. The number of halogens is 1. The summed E-state index contributed by atoms with van der Waals surface area (Å²) in [6, 6.07) is 1.86. The van der Waals surface area contributed by atoms with Crippen molar-refractivity contribution in [3.8, 4) is 0 Å². The van der Waals surface area contributed by atoms with Crippen LogP contribution in [0.25, 0.3) is 5.76 Å². The number of rotatable bonds is 3. The zero-order valence-corrected chi connectivity index (χ0v) is 14.4. The first kappa shape index (κ1) is 16.3. The minimum Gasteiger partial charge on any atom is -0.504 e. The van der Waals surface area contributed by atoms with E-state index >= 15 is 4.39 Å². The number of thiophene rings is 1. The standard InChI is InChI=1S/C17H18FN3O3S/c1-7-12-11(15(23)21-16(24)20-12)13(22)14(18)17(7,8-2-3-8)9-4-10(5-19)25-6-9/h4,6-8,22H,2-3,5,19H2,1H3,(H2,20,21,23,24). The highest BCUT2D eigenvalue weighted by Crippen LogP contribution is 2.62. The Morgan fingerprint density at radius 2 is 2.12 bits per heavy atom. The maximum absolute atomic E-state index is 15.6. The van der Waals surface area contributed by atoms with Gasteiger partial charge in [-0.1, -0.05) is 6.92 Å². The first-order valence-corrected chi connectivity index (χ1v) is 9.03. The molecule has 8 heteroatoms. The number of hydrogen-bond donors (Lipinski definition) is 4. The van der Waals surface area contributed by atoms with Crippen LogP contribution >= 0.6 is 11.3 Å². The number of H-pyrrole nitrogens is 2. The van der Waals surface area contributed by atoms with Crippen LogP contribution in [-0.2, 0) is 12.0 Å². The third-order valence-corrected chi connectivity index (χ3v) is 6.41. The van der Waals surface area contributed by atoms with Gasteiger partial charge < -0.3 is 15.8 Å². The quantitative estimate of drug-likeness (QED) is 0.670. The Morgan fingerprint density at radius 1 is 1.40 bits per heavy atom. The zero-order valence-electron chi connectivity index (χ0n) is 13.6. The molecule has 0 aromatic carbocycles. The molecule has 0 aliphatic heterocycles. The van der Waals surface area contributed by atoms with Crippen molar-refractivity contribution in [3.63, 3.8) is 0 Å². The van der Waals surface area contributed by atoms with Gasteiger partial charge in [0.15, 0.2) is 11.6 Å². The van der Waals surface area contributed by atoms with Gasteiger partial charge in [0.25, 0.3) is 5.56 Å². The van der Waals surface area contributed by atoms with Gasteiger partial charge in [0.05, 0.1) is 5.41 Å². The molecule has 6 nitrogen and oxygen atoms in total. The van der Waals surface area contributed by atoms with Gasteiger partial charge in [-0.25, -0.2) is 9.18 Å². The van der Waals surface area contributed by atoms with E-state index in [0.29, 0.717) is 6.54 Å². The maximum Gasteiger partial charge on any atom is 0.325 e. The van der Waals surface area contributed by atoms with E-state index in [1.807, 2.05) is 11.4 Å². The lowest BCUT2D eigenvalue weighted by atomic mass is 9.62. The van der Waals surface area contributed by atoms with Gasteiger partial charge in [-0.3, -0.25) is 9.78 Å². The summed E-state index contributed by atoms with van der Waals surface area (Å²) in [4.78, 5) is 29.5. The SMILES string of the molecule is CC1c2[nH]c(=O)[nH]c(=O)c2C(O)=C(F)C1(c1csc(CN)c1)C1CC1. The van der Waals surface area contributed by atoms with Crippen molar-refractivity contribution in [1.82, 2.24) is 9.97 Å². The molecule has 5 N–H and O–H groups in total. The monoisotopic (exact) mass is 363 g/mol. The van der Waals surface area contributed by atoms with E-state index in [1.54, 1.807) is 6.92 Å². The third-order valence-electron chi connectivity index (χ3n) is 5.45.